The second-order valence-corrected chi connectivity index (χ2v) is 5.87. The molecule has 1 aliphatic rings. The summed E-state index contributed by atoms with van der Waals surface area (Å²) in [6.07, 6.45) is 2.65. The van der Waals surface area contributed by atoms with Crippen LogP contribution < -0.4 is 10.1 Å². The highest BCUT2D eigenvalue weighted by molar-refractivity contribution is 5.77. The van der Waals surface area contributed by atoms with Gasteiger partial charge in [-0.1, -0.05) is 19.1 Å². The number of rotatable bonds is 5. The minimum absolute atomic E-state index is 0.205. The second kappa shape index (κ2) is 7.46. The molecule has 0 saturated carbocycles. The van der Waals surface area contributed by atoms with Crippen molar-refractivity contribution in [2.45, 2.75) is 38.1 Å². The fourth-order valence-electron chi connectivity index (χ4n) is 2.87. The summed E-state index contributed by atoms with van der Waals surface area (Å²) in [5, 5.41) is 3.34. The van der Waals surface area contributed by atoms with Gasteiger partial charge in [-0.3, -0.25) is 4.79 Å². The van der Waals surface area contributed by atoms with Gasteiger partial charge in [0, 0.05) is 19.5 Å². The molecular weight excluding hydrogens is 264 g/mol. The van der Waals surface area contributed by atoms with Gasteiger partial charge in [-0.2, -0.15) is 0 Å². The summed E-state index contributed by atoms with van der Waals surface area (Å²) in [5.41, 5.74) is 1.15. The van der Waals surface area contributed by atoms with Crippen LogP contribution in [0.25, 0.3) is 0 Å². The summed E-state index contributed by atoms with van der Waals surface area (Å²) >= 11 is 0. The maximum absolute atomic E-state index is 12.5. The van der Waals surface area contributed by atoms with Gasteiger partial charge >= 0.3 is 0 Å². The first-order valence-corrected chi connectivity index (χ1v) is 7.72. The van der Waals surface area contributed by atoms with E-state index in [9.17, 15) is 4.79 Å². The van der Waals surface area contributed by atoms with E-state index < -0.39 is 0 Å². The summed E-state index contributed by atoms with van der Waals surface area (Å²) in [4.78, 5) is 14.4. The molecule has 21 heavy (non-hydrogen) atoms. The van der Waals surface area contributed by atoms with Gasteiger partial charge in [0.2, 0.25) is 5.91 Å². The Hall–Kier alpha value is -1.55. The average Bonchev–Trinajstić information content (AvgIpc) is 2.54. The fraction of sp³-hybridized carbons (Fsp3) is 0.588. The second-order valence-electron chi connectivity index (χ2n) is 5.87. The Kier molecular flexibility index (Phi) is 5.62. The quantitative estimate of drug-likeness (QED) is 0.905. The molecule has 1 aromatic carbocycles. The predicted octanol–water partition coefficient (Wildman–Crippen LogP) is 2.40. The topological polar surface area (TPSA) is 41.6 Å². The zero-order valence-corrected chi connectivity index (χ0v) is 13.3. The van der Waals surface area contributed by atoms with Crippen molar-refractivity contribution < 1.29 is 9.53 Å². The molecule has 1 fully saturated rings. The molecule has 1 atom stereocenters. The minimum Gasteiger partial charge on any atom is -0.497 e. The third-order valence-corrected chi connectivity index (χ3v) is 4.39. The smallest absolute Gasteiger partial charge is 0.223 e. The lowest BCUT2D eigenvalue weighted by Crippen LogP contribution is -2.44. The van der Waals surface area contributed by atoms with Gasteiger partial charge in [-0.15, -0.1) is 0 Å². The Bertz CT molecular complexity index is 470. The van der Waals surface area contributed by atoms with Gasteiger partial charge in [-0.05, 0) is 49.5 Å². The molecule has 1 saturated heterocycles. The van der Waals surface area contributed by atoms with E-state index >= 15 is 0 Å². The zero-order chi connectivity index (χ0) is 15.2. The number of ether oxygens (including phenoxy) is 1. The number of hydrogen-bond acceptors (Lipinski definition) is 3. The largest absolute Gasteiger partial charge is 0.497 e. The Morgan fingerprint density at radius 3 is 2.81 bits per heavy atom. The lowest BCUT2D eigenvalue weighted by atomic mass is 9.96. The maximum Gasteiger partial charge on any atom is 0.223 e. The van der Waals surface area contributed by atoms with Crippen molar-refractivity contribution in [3.05, 3.63) is 29.8 Å². The fourth-order valence-corrected chi connectivity index (χ4v) is 2.87. The molecule has 1 aliphatic heterocycles. The third kappa shape index (κ3) is 4.21. The number of methoxy groups -OCH3 is 1. The zero-order valence-electron chi connectivity index (χ0n) is 13.3. The van der Waals surface area contributed by atoms with Gasteiger partial charge in [0.1, 0.15) is 5.75 Å². The molecule has 1 aromatic rings. The lowest BCUT2D eigenvalue weighted by molar-refractivity contribution is -0.132. The van der Waals surface area contributed by atoms with Crippen LogP contribution in [0.15, 0.2) is 24.3 Å². The SMILES string of the molecule is COc1cccc(C(C)CC(=O)N(C)C2CCNCC2)c1. The third-order valence-electron chi connectivity index (χ3n) is 4.39. The Balaban J connectivity index is 1.94. The van der Waals surface area contributed by atoms with Gasteiger partial charge in [0.25, 0.3) is 0 Å². The van der Waals surface area contributed by atoms with E-state index in [1.54, 1.807) is 7.11 Å². The molecule has 0 aliphatic carbocycles. The highest BCUT2D eigenvalue weighted by atomic mass is 16.5. The number of nitrogens with zero attached hydrogens (tertiary/aromatic N) is 1. The molecule has 4 nitrogen and oxygen atoms in total. The highest BCUT2D eigenvalue weighted by Gasteiger charge is 2.23. The van der Waals surface area contributed by atoms with Crippen molar-refractivity contribution >= 4 is 5.91 Å². The van der Waals surface area contributed by atoms with Crippen LogP contribution in [-0.2, 0) is 4.79 Å². The van der Waals surface area contributed by atoms with Crippen LogP contribution in [-0.4, -0.2) is 44.1 Å². The Morgan fingerprint density at radius 1 is 1.43 bits per heavy atom. The van der Waals surface area contributed by atoms with E-state index in [-0.39, 0.29) is 11.8 Å². The van der Waals surface area contributed by atoms with Crippen molar-refractivity contribution in [3.8, 4) is 5.75 Å². The van der Waals surface area contributed by atoms with Crippen molar-refractivity contribution in [2.75, 3.05) is 27.2 Å². The molecule has 1 unspecified atom stereocenters. The molecule has 0 bridgehead atoms. The standard InChI is InChI=1S/C17H26N2O2/c1-13(14-5-4-6-16(12-14)21-3)11-17(20)19(2)15-7-9-18-10-8-15/h4-6,12-13,15,18H,7-11H2,1-3H3. The molecule has 1 N–H and O–H groups in total. The first-order chi connectivity index (χ1) is 10.1. The number of amides is 1. The van der Waals surface area contributed by atoms with E-state index in [0.29, 0.717) is 12.5 Å². The minimum atomic E-state index is 0.205. The van der Waals surface area contributed by atoms with E-state index in [0.717, 1.165) is 37.2 Å². The van der Waals surface area contributed by atoms with Crippen LogP contribution in [0.1, 0.15) is 37.7 Å². The summed E-state index contributed by atoms with van der Waals surface area (Å²) in [5.74, 6) is 1.28. The number of benzene rings is 1. The summed E-state index contributed by atoms with van der Waals surface area (Å²) in [7, 11) is 3.61. The Labute approximate surface area is 127 Å². The molecule has 4 heteroatoms. The molecular formula is C17H26N2O2. The first kappa shape index (κ1) is 15.8. The normalized spacial score (nSPS) is 17.3. The van der Waals surface area contributed by atoms with Crippen LogP contribution in [0, 0.1) is 0 Å². The maximum atomic E-state index is 12.5. The van der Waals surface area contributed by atoms with E-state index in [4.69, 9.17) is 4.74 Å². The summed E-state index contributed by atoms with van der Waals surface area (Å²) < 4.78 is 5.25. The van der Waals surface area contributed by atoms with Crippen LogP contribution in [0.2, 0.25) is 0 Å². The number of hydrogen-bond donors (Lipinski definition) is 1. The van der Waals surface area contributed by atoms with Gasteiger partial charge in [0.05, 0.1) is 7.11 Å². The predicted molar refractivity (Wildman–Crippen MR) is 84.7 cm³/mol. The Morgan fingerprint density at radius 2 is 2.14 bits per heavy atom. The van der Waals surface area contributed by atoms with Crippen LogP contribution in [0.5, 0.6) is 5.75 Å². The molecule has 2 rings (SSSR count). The van der Waals surface area contributed by atoms with E-state index in [1.807, 2.05) is 30.1 Å². The monoisotopic (exact) mass is 290 g/mol. The van der Waals surface area contributed by atoms with Crippen LogP contribution >= 0.6 is 0 Å². The van der Waals surface area contributed by atoms with Crippen LogP contribution in [0.4, 0.5) is 0 Å². The molecule has 1 amide bonds. The molecule has 116 valence electrons. The van der Waals surface area contributed by atoms with Gasteiger partial charge in [-0.25, -0.2) is 0 Å². The van der Waals surface area contributed by atoms with E-state index in [2.05, 4.69) is 18.3 Å². The lowest BCUT2D eigenvalue weighted by Gasteiger charge is -2.32. The van der Waals surface area contributed by atoms with Crippen molar-refractivity contribution in [1.82, 2.24) is 10.2 Å². The first-order valence-electron chi connectivity index (χ1n) is 7.72. The molecule has 0 spiro atoms. The van der Waals surface area contributed by atoms with Crippen molar-refractivity contribution in [3.63, 3.8) is 0 Å². The van der Waals surface area contributed by atoms with Crippen molar-refractivity contribution in [1.29, 1.82) is 0 Å². The molecule has 0 radical (unpaired) electrons. The highest BCUT2D eigenvalue weighted by Crippen LogP contribution is 2.24. The van der Waals surface area contributed by atoms with Crippen LogP contribution in [0.3, 0.4) is 0 Å². The average molecular weight is 290 g/mol. The van der Waals surface area contributed by atoms with Gasteiger partial charge < -0.3 is 15.0 Å². The molecule has 1 heterocycles. The van der Waals surface area contributed by atoms with Gasteiger partial charge in [0.15, 0.2) is 0 Å². The number of carbonyl (C=O) groups is 1. The number of nitrogens with one attached hydrogen (secondary N) is 1. The molecule has 0 aromatic heterocycles. The van der Waals surface area contributed by atoms with E-state index in [1.165, 1.54) is 0 Å². The van der Waals surface area contributed by atoms with Crippen molar-refractivity contribution in [2.24, 2.45) is 0 Å². The number of piperidine rings is 1. The summed E-state index contributed by atoms with van der Waals surface area (Å²) in [6, 6.07) is 8.37. The summed E-state index contributed by atoms with van der Waals surface area (Å²) in [6.45, 7) is 4.12. The number of carbonyl (C=O) groups excluding carboxylic acids is 1.